The predicted octanol–water partition coefficient (Wildman–Crippen LogP) is 2.48. The number of nitrogens with zero attached hydrogens (tertiary/aromatic N) is 1. The van der Waals surface area contributed by atoms with Gasteiger partial charge in [0.1, 0.15) is 0 Å². The normalized spacial score (nSPS) is 12.5. The van der Waals surface area contributed by atoms with Gasteiger partial charge in [-0.1, -0.05) is 0 Å². The first-order valence-corrected chi connectivity index (χ1v) is 4.69. The molecule has 1 N–H and O–H groups in total. The van der Waals surface area contributed by atoms with E-state index in [-0.39, 0.29) is 5.48 Å². The monoisotopic (exact) mass is 175 g/mol. The SMILES string of the molecule is CC(C)[N+](C)(C(C)C)C(C)C.[OH-]. The zero-order chi connectivity index (χ0) is 9.23. The quantitative estimate of drug-likeness (QED) is 0.606. The van der Waals surface area contributed by atoms with Gasteiger partial charge in [-0.2, -0.15) is 0 Å². The van der Waals surface area contributed by atoms with E-state index in [1.165, 1.54) is 4.48 Å². The minimum Gasteiger partial charge on any atom is -0.870 e. The Morgan fingerprint density at radius 2 is 0.833 bits per heavy atom. The van der Waals surface area contributed by atoms with Gasteiger partial charge < -0.3 is 9.96 Å². The Morgan fingerprint density at radius 1 is 0.667 bits per heavy atom. The van der Waals surface area contributed by atoms with Crippen LogP contribution in [0.15, 0.2) is 0 Å². The van der Waals surface area contributed by atoms with E-state index in [1.807, 2.05) is 0 Å². The van der Waals surface area contributed by atoms with E-state index in [4.69, 9.17) is 0 Å². The van der Waals surface area contributed by atoms with E-state index >= 15 is 0 Å². The fourth-order valence-electron chi connectivity index (χ4n) is 1.79. The molecule has 76 valence electrons. The van der Waals surface area contributed by atoms with Crippen LogP contribution in [-0.2, 0) is 0 Å². The standard InChI is InChI=1S/C10H24N.H2O/c1-8(2)11(7,9(3)4)10(5)6;/h8-10H,1-7H3;1H2/q+1;/p-1. The highest BCUT2D eigenvalue weighted by molar-refractivity contribution is 4.53. The second-order valence-electron chi connectivity index (χ2n) is 4.50. The third-order valence-electron chi connectivity index (χ3n) is 3.34. The zero-order valence-electron chi connectivity index (χ0n) is 9.63. The molecular formula is C10H25NO. The van der Waals surface area contributed by atoms with Gasteiger partial charge in [0, 0.05) is 0 Å². The summed E-state index contributed by atoms with van der Waals surface area (Å²) in [6, 6.07) is 2.15. The average molecular weight is 175 g/mol. The van der Waals surface area contributed by atoms with E-state index in [1.54, 1.807) is 0 Å². The highest BCUT2D eigenvalue weighted by Crippen LogP contribution is 2.20. The third-order valence-corrected chi connectivity index (χ3v) is 3.34. The van der Waals surface area contributed by atoms with Crippen molar-refractivity contribution in [1.29, 1.82) is 0 Å². The molecule has 0 amide bonds. The maximum atomic E-state index is 2.35. The van der Waals surface area contributed by atoms with Crippen molar-refractivity contribution in [2.24, 2.45) is 0 Å². The van der Waals surface area contributed by atoms with E-state index < -0.39 is 0 Å². The summed E-state index contributed by atoms with van der Waals surface area (Å²) in [5.41, 5.74) is 0. The molecule has 0 bridgehead atoms. The Morgan fingerprint density at radius 3 is 0.833 bits per heavy atom. The molecule has 12 heavy (non-hydrogen) atoms. The zero-order valence-corrected chi connectivity index (χ0v) is 9.63. The average Bonchev–Trinajstić information content (AvgIpc) is 1.84. The van der Waals surface area contributed by atoms with E-state index in [0.717, 1.165) is 18.1 Å². The Balaban J connectivity index is 0. The summed E-state index contributed by atoms with van der Waals surface area (Å²) in [6.45, 7) is 13.8. The van der Waals surface area contributed by atoms with Crippen LogP contribution in [0.2, 0.25) is 0 Å². The summed E-state index contributed by atoms with van der Waals surface area (Å²) in [5, 5.41) is 0. The molecule has 0 saturated heterocycles. The largest absolute Gasteiger partial charge is 0.870 e. The summed E-state index contributed by atoms with van der Waals surface area (Å²) in [6.07, 6.45) is 0. The second kappa shape index (κ2) is 4.83. The van der Waals surface area contributed by atoms with Crippen LogP contribution in [0.1, 0.15) is 41.5 Å². The molecule has 0 heterocycles. The van der Waals surface area contributed by atoms with Gasteiger partial charge in [-0.05, 0) is 41.5 Å². The fraction of sp³-hybridized carbons (Fsp3) is 1.00. The summed E-state index contributed by atoms with van der Waals surface area (Å²) in [4.78, 5) is 0. The first-order valence-electron chi connectivity index (χ1n) is 4.69. The Bertz CT molecular complexity index is 97.2. The minimum atomic E-state index is 0. The molecule has 0 aromatic heterocycles. The molecule has 0 aliphatic heterocycles. The van der Waals surface area contributed by atoms with E-state index in [9.17, 15) is 0 Å². The van der Waals surface area contributed by atoms with Gasteiger partial charge in [0.2, 0.25) is 0 Å². The van der Waals surface area contributed by atoms with Crippen LogP contribution >= 0.6 is 0 Å². The van der Waals surface area contributed by atoms with Crippen LogP contribution in [0.5, 0.6) is 0 Å². The van der Waals surface area contributed by atoms with Crippen molar-refractivity contribution in [1.82, 2.24) is 0 Å². The molecule has 2 nitrogen and oxygen atoms in total. The van der Waals surface area contributed by atoms with Crippen LogP contribution in [0, 0.1) is 0 Å². The molecule has 0 saturated carbocycles. The smallest absolute Gasteiger partial charge is 0.0835 e. The van der Waals surface area contributed by atoms with Crippen molar-refractivity contribution in [3.63, 3.8) is 0 Å². The molecule has 0 aromatic rings. The molecule has 0 fully saturated rings. The van der Waals surface area contributed by atoms with Crippen molar-refractivity contribution in [2.75, 3.05) is 7.05 Å². The first-order chi connectivity index (χ1) is 4.83. The molecule has 0 aliphatic rings. The number of rotatable bonds is 3. The number of hydrogen-bond donors (Lipinski definition) is 0. The van der Waals surface area contributed by atoms with Gasteiger partial charge >= 0.3 is 0 Å². The first kappa shape index (κ1) is 14.4. The lowest BCUT2D eigenvalue weighted by Gasteiger charge is -2.46. The summed E-state index contributed by atoms with van der Waals surface area (Å²) in [5.74, 6) is 0. The van der Waals surface area contributed by atoms with Crippen LogP contribution in [0.4, 0.5) is 0 Å². The van der Waals surface area contributed by atoms with Gasteiger partial charge in [0.15, 0.2) is 0 Å². The highest BCUT2D eigenvalue weighted by atomic mass is 16.0. The lowest BCUT2D eigenvalue weighted by Crippen LogP contribution is -2.58. The van der Waals surface area contributed by atoms with Crippen LogP contribution in [0.3, 0.4) is 0 Å². The minimum absolute atomic E-state index is 0. The van der Waals surface area contributed by atoms with Crippen molar-refractivity contribution >= 4 is 0 Å². The summed E-state index contributed by atoms with van der Waals surface area (Å²) < 4.78 is 1.17. The molecule has 0 rings (SSSR count). The van der Waals surface area contributed by atoms with Gasteiger partial charge in [-0.25, -0.2) is 0 Å². The Kier molecular flexibility index (Phi) is 5.81. The molecule has 2 heteroatoms. The van der Waals surface area contributed by atoms with Crippen molar-refractivity contribution in [2.45, 2.75) is 59.7 Å². The van der Waals surface area contributed by atoms with Gasteiger partial charge in [-0.3, -0.25) is 0 Å². The molecule has 0 aliphatic carbocycles. The van der Waals surface area contributed by atoms with Crippen LogP contribution < -0.4 is 0 Å². The third kappa shape index (κ3) is 2.46. The van der Waals surface area contributed by atoms with Crippen molar-refractivity contribution in [3.8, 4) is 0 Å². The summed E-state index contributed by atoms with van der Waals surface area (Å²) >= 11 is 0. The molecule has 0 atom stereocenters. The van der Waals surface area contributed by atoms with Crippen molar-refractivity contribution < 1.29 is 9.96 Å². The predicted molar refractivity (Wildman–Crippen MR) is 53.5 cm³/mol. The Hall–Kier alpha value is -0.0800. The van der Waals surface area contributed by atoms with Gasteiger partial charge in [0.05, 0.1) is 25.2 Å². The topological polar surface area (TPSA) is 30.0 Å². The maximum absolute atomic E-state index is 2.35. The van der Waals surface area contributed by atoms with E-state index in [0.29, 0.717) is 0 Å². The number of quaternary nitrogens is 1. The molecule has 0 aromatic carbocycles. The summed E-state index contributed by atoms with van der Waals surface area (Å²) in [7, 11) is 2.35. The Labute approximate surface area is 77.5 Å². The molecule has 0 unspecified atom stereocenters. The fourth-order valence-corrected chi connectivity index (χ4v) is 1.79. The van der Waals surface area contributed by atoms with Crippen LogP contribution in [0.25, 0.3) is 0 Å². The van der Waals surface area contributed by atoms with Gasteiger partial charge in [-0.15, -0.1) is 0 Å². The second-order valence-corrected chi connectivity index (χ2v) is 4.50. The lowest BCUT2D eigenvalue weighted by molar-refractivity contribution is -0.968. The van der Waals surface area contributed by atoms with Gasteiger partial charge in [0.25, 0.3) is 0 Å². The van der Waals surface area contributed by atoms with E-state index in [2.05, 4.69) is 48.6 Å². The number of hydrogen-bond acceptors (Lipinski definition) is 1. The lowest BCUT2D eigenvalue weighted by atomic mass is 10.1. The molecular weight excluding hydrogens is 150 g/mol. The maximum Gasteiger partial charge on any atom is 0.0835 e. The molecule has 0 spiro atoms. The van der Waals surface area contributed by atoms with Crippen LogP contribution in [-0.4, -0.2) is 35.1 Å². The highest BCUT2D eigenvalue weighted by Gasteiger charge is 2.32. The van der Waals surface area contributed by atoms with Crippen molar-refractivity contribution in [3.05, 3.63) is 0 Å². The molecule has 0 radical (unpaired) electrons.